The molecule has 2 heterocycles. The molecule has 2 amide bonds. The minimum absolute atomic E-state index is 0.0253. The predicted octanol–water partition coefficient (Wildman–Crippen LogP) is 2.55. The zero-order valence-corrected chi connectivity index (χ0v) is 15.3. The molecule has 0 spiro atoms. The van der Waals surface area contributed by atoms with Crippen molar-refractivity contribution in [3.8, 4) is 11.5 Å². The van der Waals surface area contributed by atoms with Crippen LogP contribution in [0, 0.1) is 20.8 Å². The van der Waals surface area contributed by atoms with Crippen molar-refractivity contribution in [2.75, 3.05) is 11.9 Å². The Morgan fingerprint density at radius 3 is 2.63 bits per heavy atom. The lowest BCUT2D eigenvalue weighted by Gasteiger charge is -2.04. The van der Waals surface area contributed by atoms with E-state index in [2.05, 4.69) is 20.8 Å². The molecule has 1 aromatic carbocycles. The lowest BCUT2D eigenvalue weighted by atomic mass is 10.1. The highest BCUT2D eigenvalue weighted by Gasteiger charge is 2.15. The van der Waals surface area contributed by atoms with Gasteiger partial charge in [-0.05, 0) is 32.9 Å². The van der Waals surface area contributed by atoms with Gasteiger partial charge in [-0.25, -0.2) is 4.98 Å². The Kier molecular flexibility index (Phi) is 5.35. The first-order chi connectivity index (χ1) is 12.9. The molecule has 0 unspecified atom stereocenters. The van der Waals surface area contributed by atoms with Crippen molar-refractivity contribution in [2.45, 2.75) is 27.2 Å². The second kappa shape index (κ2) is 7.86. The molecule has 0 atom stereocenters. The van der Waals surface area contributed by atoms with Crippen LogP contribution >= 0.6 is 0 Å². The monoisotopic (exact) mass is 368 g/mol. The number of aromatic nitrogens is 2. The molecular formula is C19H20N4O4. The second-order valence-corrected chi connectivity index (χ2v) is 6.22. The number of rotatable bonds is 6. The summed E-state index contributed by atoms with van der Waals surface area (Å²) in [6.07, 6.45) is 0.0253. The number of carbonyl (C=O) groups is 2. The number of anilines is 1. The summed E-state index contributed by atoms with van der Waals surface area (Å²) in [5, 5.41) is 8.74. The third-order valence-corrected chi connectivity index (χ3v) is 3.83. The normalized spacial score (nSPS) is 10.6. The van der Waals surface area contributed by atoms with Gasteiger partial charge >= 0.3 is 0 Å². The number of hydrogen-bond donors (Lipinski definition) is 2. The topological polar surface area (TPSA) is 110 Å². The first-order valence-electron chi connectivity index (χ1n) is 8.44. The number of nitrogens with one attached hydrogen (secondary N) is 2. The Morgan fingerprint density at radius 1 is 1.11 bits per heavy atom. The highest BCUT2D eigenvalue weighted by Crippen LogP contribution is 2.22. The molecule has 0 aliphatic carbocycles. The highest BCUT2D eigenvalue weighted by molar-refractivity contribution is 5.94. The summed E-state index contributed by atoms with van der Waals surface area (Å²) in [6.45, 7) is 5.29. The molecule has 0 aliphatic heterocycles. The molecule has 0 fully saturated rings. The molecule has 0 aliphatic rings. The molecule has 8 heteroatoms. The molecule has 2 aromatic heterocycles. The Balaban J connectivity index is 1.55. The highest BCUT2D eigenvalue weighted by atomic mass is 16.5. The van der Waals surface area contributed by atoms with Crippen LogP contribution in [-0.4, -0.2) is 28.5 Å². The van der Waals surface area contributed by atoms with Gasteiger partial charge < -0.3 is 19.6 Å². The Morgan fingerprint density at radius 2 is 1.93 bits per heavy atom. The van der Waals surface area contributed by atoms with Gasteiger partial charge in [-0.1, -0.05) is 22.9 Å². The Labute approximate surface area is 156 Å². The van der Waals surface area contributed by atoms with E-state index in [0.717, 1.165) is 11.1 Å². The third kappa shape index (κ3) is 4.81. The summed E-state index contributed by atoms with van der Waals surface area (Å²) in [5.41, 5.74) is 2.49. The molecular weight excluding hydrogens is 348 g/mol. The van der Waals surface area contributed by atoms with Gasteiger partial charge in [0.25, 0.3) is 0 Å². The first-order valence-corrected chi connectivity index (χ1v) is 8.44. The van der Waals surface area contributed by atoms with E-state index in [-0.39, 0.29) is 18.9 Å². The number of oxazole rings is 1. The minimum Gasteiger partial charge on any atom is -0.441 e. The van der Waals surface area contributed by atoms with Gasteiger partial charge in [0.05, 0.1) is 18.7 Å². The summed E-state index contributed by atoms with van der Waals surface area (Å²) in [4.78, 5) is 28.4. The van der Waals surface area contributed by atoms with Crippen molar-refractivity contribution in [2.24, 2.45) is 0 Å². The average molecular weight is 368 g/mol. The molecule has 3 rings (SSSR count). The zero-order chi connectivity index (χ0) is 19.4. The van der Waals surface area contributed by atoms with Crippen molar-refractivity contribution in [1.82, 2.24) is 15.5 Å². The first kappa shape index (κ1) is 18.4. The predicted molar refractivity (Wildman–Crippen MR) is 98.0 cm³/mol. The maximum Gasteiger partial charge on any atom is 0.245 e. The van der Waals surface area contributed by atoms with E-state index in [1.165, 1.54) is 0 Å². The maximum absolute atomic E-state index is 12.1. The number of nitrogens with zero attached hydrogens (tertiary/aromatic N) is 2. The van der Waals surface area contributed by atoms with Crippen LogP contribution in [0.1, 0.15) is 22.8 Å². The van der Waals surface area contributed by atoms with E-state index >= 15 is 0 Å². The van der Waals surface area contributed by atoms with Gasteiger partial charge in [0.15, 0.2) is 5.82 Å². The van der Waals surface area contributed by atoms with Gasteiger partial charge in [0, 0.05) is 11.6 Å². The number of hydrogen-bond acceptors (Lipinski definition) is 6. The van der Waals surface area contributed by atoms with Crippen LogP contribution in [0.3, 0.4) is 0 Å². The van der Waals surface area contributed by atoms with Gasteiger partial charge in [0.2, 0.25) is 17.7 Å². The van der Waals surface area contributed by atoms with E-state index in [1.54, 1.807) is 19.9 Å². The second-order valence-electron chi connectivity index (χ2n) is 6.22. The fourth-order valence-electron chi connectivity index (χ4n) is 2.50. The molecule has 8 nitrogen and oxygen atoms in total. The van der Waals surface area contributed by atoms with E-state index in [4.69, 9.17) is 8.94 Å². The van der Waals surface area contributed by atoms with Crippen molar-refractivity contribution in [3.05, 3.63) is 53.1 Å². The van der Waals surface area contributed by atoms with Crippen LogP contribution in [0.15, 0.2) is 39.3 Å². The van der Waals surface area contributed by atoms with Crippen LogP contribution in [0.5, 0.6) is 0 Å². The average Bonchev–Trinajstić information content (AvgIpc) is 3.19. The summed E-state index contributed by atoms with van der Waals surface area (Å²) < 4.78 is 10.5. The lowest BCUT2D eigenvalue weighted by Crippen LogP contribution is -2.34. The fourth-order valence-corrected chi connectivity index (χ4v) is 2.50. The summed E-state index contributed by atoms with van der Waals surface area (Å²) in [7, 11) is 0. The summed E-state index contributed by atoms with van der Waals surface area (Å²) in [5.74, 6) is 1.21. The van der Waals surface area contributed by atoms with Gasteiger partial charge in [-0.2, -0.15) is 0 Å². The SMILES string of the molecule is Cc1cccc(-c2nc(CC(=O)NCC(=O)Nc3cc(C)on3)c(C)o2)c1. The largest absolute Gasteiger partial charge is 0.441 e. The summed E-state index contributed by atoms with van der Waals surface area (Å²) in [6, 6.07) is 9.36. The van der Waals surface area contributed by atoms with E-state index in [1.807, 2.05) is 31.2 Å². The quantitative estimate of drug-likeness (QED) is 0.692. The number of aryl methyl sites for hydroxylation is 3. The molecule has 0 saturated carbocycles. The van der Waals surface area contributed by atoms with E-state index in [9.17, 15) is 9.59 Å². The van der Waals surface area contributed by atoms with Crippen LogP contribution in [0.25, 0.3) is 11.5 Å². The Hall–Kier alpha value is -3.42. The molecule has 27 heavy (non-hydrogen) atoms. The third-order valence-electron chi connectivity index (χ3n) is 3.83. The molecule has 3 aromatic rings. The van der Waals surface area contributed by atoms with Crippen LogP contribution in [0.2, 0.25) is 0 Å². The van der Waals surface area contributed by atoms with Crippen LogP contribution < -0.4 is 10.6 Å². The van der Waals surface area contributed by atoms with Crippen molar-refractivity contribution >= 4 is 17.6 Å². The zero-order valence-electron chi connectivity index (χ0n) is 15.3. The smallest absolute Gasteiger partial charge is 0.245 e. The summed E-state index contributed by atoms with van der Waals surface area (Å²) >= 11 is 0. The molecule has 2 N–H and O–H groups in total. The van der Waals surface area contributed by atoms with Crippen molar-refractivity contribution in [1.29, 1.82) is 0 Å². The molecule has 140 valence electrons. The Bertz CT molecular complexity index is 974. The minimum atomic E-state index is -0.394. The maximum atomic E-state index is 12.1. The number of amides is 2. The van der Waals surface area contributed by atoms with Gasteiger partial charge in [0.1, 0.15) is 11.5 Å². The standard InChI is InChI=1S/C19H20N4O4/c1-11-5-4-6-14(7-11)19-21-15(13(3)26-19)9-17(24)20-10-18(25)22-16-8-12(2)27-23-16/h4-8H,9-10H2,1-3H3,(H,20,24)(H,22,23,25). The van der Waals surface area contributed by atoms with Crippen LogP contribution in [-0.2, 0) is 16.0 Å². The molecule has 0 radical (unpaired) electrons. The van der Waals surface area contributed by atoms with Crippen molar-refractivity contribution < 1.29 is 18.5 Å². The van der Waals surface area contributed by atoms with E-state index in [0.29, 0.717) is 28.9 Å². The number of carbonyl (C=O) groups excluding carboxylic acids is 2. The lowest BCUT2D eigenvalue weighted by molar-refractivity contribution is -0.123. The van der Waals surface area contributed by atoms with Gasteiger partial charge in [-0.15, -0.1) is 0 Å². The fraction of sp³-hybridized carbons (Fsp3) is 0.263. The van der Waals surface area contributed by atoms with E-state index < -0.39 is 5.91 Å². The number of benzene rings is 1. The molecule has 0 saturated heterocycles. The molecule has 0 bridgehead atoms. The van der Waals surface area contributed by atoms with Crippen molar-refractivity contribution in [3.63, 3.8) is 0 Å². The van der Waals surface area contributed by atoms with Gasteiger partial charge in [-0.3, -0.25) is 9.59 Å². The van der Waals surface area contributed by atoms with Crippen LogP contribution in [0.4, 0.5) is 5.82 Å².